The first-order valence-corrected chi connectivity index (χ1v) is 4.47. The van der Waals surface area contributed by atoms with E-state index in [1.54, 1.807) is 4.89 Å². The minimum atomic E-state index is -7.46. The van der Waals surface area contributed by atoms with Crippen LogP contribution in [0.15, 0.2) is 0 Å². The Morgan fingerprint density at radius 1 is 0.478 bits per heavy atom. The molecule has 0 aliphatic heterocycles. The highest BCUT2D eigenvalue weighted by molar-refractivity contribution is 5.01. The van der Waals surface area contributed by atoms with Crippen molar-refractivity contribution in [3.05, 3.63) is 0 Å². The molecular weight excluding hydrogens is 384 g/mol. The van der Waals surface area contributed by atoms with Crippen LogP contribution in [0.3, 0.4) is 0 Å². The van der Waals surface area contributed by atoms with Gasteiger partial charge in [0.2, 0.25) is 0 Å². The first-order chi connectivity index (χ1) is 9.66. The first kappa shape index (κ1) is 21.9. The lowest BCUT2D eigenvalue weighted by molar-refractivity contribution is -0.581. The van der Waals surface area contributed by atoms with E-state index in [9.17, 15) is 61.5 Å². The van der Waals surface area contributed by atoms with Gasteiger partial charge < -0.3 is 0 Å². The molecule has 0 saturated carbocycles. The van der Waals surface area contributed by atoms with Crippen molar-refractivity contribution in [2.24, 2.45) is 0 Å². The molecule has 0 aliphatic rings. The van der Waals surface area contributed by atoms with Crippen molar-refractivity contribution in [2.75, 3.05) is 0 Å². The summed E-state index contributed by atoms with van der Waals surface area (Å²) in [5.74, 6) is 0. The minimum absolute atomic E-state index is 0.960. The van der Waals surface area contributed by atoms with Gasteiger partial charge in [-0.15, -0.1) is 10.2 Å². The Balaban J connectivity index is 5.78. The molecule has 0 aromatic rings. The van der Waals surface area contributed by atoms with E-state index in [0.29, 0.717) is 0 Å². The molecule has 0 saturated heterocycles. The largest absolute Gasteiger partial charge is 0.464 e. The Labute approximate surface area is 115 Å². The van der Waals surface area contributed by atoms with Crippen LogP contribution in [0.4, 0.5) is 61.5 Å². The Hall–Kier alpha value is -1.10. The molecule has 0 unspecified atom stereocenters. The molecule has 0 atom stereocenters. The fourth-order valence-electron chi connectivity index (χ4n) is 0.925. The zero-order valence-corrected chi connectivity index (χ0v) is 9.61. The number of hydrogen-bond donors (Lipinski definition) is 1. The third-order valence-electron chi connectivity index (χ3n) is 1.76. The number of rotatable bonds is 4. The molecule has 17 heteroatoms. The quantitative estimate of drug-likeness (QED) is 0.261. The summed E-state index contributed by atoms with van der Waals surface area (Å²) in [6, 6.07) is 0. The van der Waals surface area contributed by atoms with Crippen LogP contribution in [0, 0.1) is 0 Å². The average Bonchev–Trinajstić information content (AvgIpc) is 2.05. The smallest absolute Gasteiger partial charge is 0.193 e. The van der Waals surface area contributed by atoms with Gasteiger partial charge in [0, 0.05) is 0 Å². The van der Waals surface area contributed by atoms with E-state index < -0.39 is 42.0 Å². The van der Waals surface area contributed by atoms with Crippen molar-refractivity contribution in [3.8, 4) is 0 Å². The van der Waals surface area contributed by atoms with E-state index in [2.05, 4.69) is 0 Å². The summed E-state index contributed by atoms with van der Waals surface area (Å²) in [4.78, 5) is 3.57. The molecule has 0 rings (SSSR count). The van der Waals surface area contributed by atoms with Crippen molar-refractivity contribution in [1.82, 2.24) is 5.32 Å². The Bertz CT molecular complexity index is 365. The summed E-state index contributed by atoms with van der Waals surface area (Å²) in [6.45, 7) is 0. The number of halogens is 14. The van der Waals surface area contributed by atoms with Crippen LogP contribution < -0.4 is 5.32 Å². The maximum atomic E-state index is 12.3. The molecule has 0 heterocycles. The topological polar surface area (TPSA) is 30.5 Å². The molecule has 0 aliphatic carbocycles. The summed E-state index contributed by atoms with van der Waals surface area (Å²) in [7, 11) is 0. The van der Waals surface area contributed by atoms with Gasteiger partial charge in [-0.3, -0.25) is 0 Å². The van der Waals surface area contributed by atoms with Crippen LogP contribution in [-0.4, -0.2) is 36.7 Å². The monoisotopic (exact) mass is 385 g/mol. The van der Waals surface area contributed by atoms with Gasteiger partial charge in [0.15, 0.2) is 0 Å². The number of hydrogen-bond acceptors (Lipinski definition) is 3. The number of nitrogens with one attached hydrogen (secondary N) is 1. The van der Waals surface area contributed by atoms with E-state index in [-0.39, 0.29) is 0 Å². The second-order valence-electron chi connectivity index (χ2n) is 3.48. The maximum absolute atomic E-state index is 12.3. The molecule has 1 N–H and O–H groups in total. The fraction of sp³-hybridized carbons (Fsp3) is 1.00. The van der Waals surface area contributed by atoms with Crippen LogP contribution in [0.2, 0.25) is 0 Å². The minimum Gasteiger partial charge on any atom is -0.193 e. The molecule has 0 amide bonds. The van der Waals surface area contributed by atoms with E-state index in [0.717, 1.165) is 0 Å². The fourth-order valence-corrected chi connectivity index (χ4v) is 0.925. The molecule has 0 fully saturated rings. The SMILES string of the molecule is FC(F)(F)NC(F)(F)OOC(C(F)(F)F)(C(F)(F)F)C(F)(F)F. The molecule has 140 valence electrons. The summed E-state index contributed by atoms with van der Waals surface area (Å²) in [5.41, 5.74) is -7.32. The summed E-state index contributed by atoms with van der Waals surface area (Å²) < 4.78 is 168. The zero-order valence-electron chi connectivity index (χ0n) is 9.61. The van der Waals surface area contributed by atoms with Crippen molar-refractivity contribution >= 4 is 0 Å². The maximum Gasteiger partial charge on any atom is 0.464 e. The molecular formula is C6HF14NO2. The van der Waals surface area contributed by atoms with Gasteiger partial charge in [0.25, 0.3) is 0 Å². The summed E-state index contributed by atoms with van der Waals surface area (Å²) in [5, 5.41) is -0.960. The standard InChI is InChI=1S/C6HF14NO2/c7-2(8,9)1(3(10,11)12,4(13,14)15)22-23-6(19,20)21-5(16,17)18/h21H. The molecule has 0 aromatic heterocycles. The Morgan fingerprint density at radius 2 is 0.783 bits per heavy atom. The lowest BCUT2D eigenvalue weighted by atomic mass is 10.0. The Morgan fingerprint density at radius 3 is 1.00 bits per heavy atom. The van der Waals surface area contributed by atoms with Gasteiger partial charge in [-0.05, 0) is 0 Å². The van der Waals surface area contributed by atoms with Crippen LogP contribution in [-0.2, 0) is 9.78 Å². The van der Waals surface area contributed by atoms with E-state index >= 15 is 0 Å². The summed E-state index contributed by atoms with van der Waals surface area (Å²) >= 11 is 0. The van der Waals surface area contributed by atoms with E-state index in [1.807, 2.05) is 4.89 Å². The average molecular weight is 385 g/mol. The van der Waals surface area contributed by atoms with Crippen molar-refractivity contribution in [1.29, 1.82) is 0 Å². The third-order valence-corrected chi connectivity index (χ3v) is 1.76. The van der Waals surface area contributed by atoms with Gasteiger partial charge in [-0.1, -0.05) is 0 Å². The van der Waals surface area contributed by atoms with Crippen LogP contribution >= 0.6 is 0 Å². The van der Waals surface area contributed by atoms with Crippen LogP contribution in [0.1, 0.15) is 0 Å². The highest BCUT2D eigenvalue weighted by atomic mass is 19.4. The van der Waals surface area contributed by atoms with Crippen LogP contribution in [0.25, 0.3) is 0 Å². The second-order valence-corrected chi connectivity index (χ2v) is 3.48. The Kier molecular flexibility index (Phi) is 5.49. The molecule has 0 bridgehead atoms. The second kappa shape index (κ2) is 5.76. The molecule has 0 radical (unpaired) electrons. The highest BCUT2D eigenvalue weighted by Gasteiger charge is 2.87. The summed E-state index contributed by atoms with van der Waals surface area (Å²) in [6.07, 6.45) is -34.7. The van der Waals surface area contributed by atoms with Crippen molar-refractivity contribution in [2.45, 2.75) is 36.7 Å². The van der Waals surface area contributed by atoms with Gasteiger partial charge in [0.1, 0.15) is 0 Å². The number of alkyl halides is 14. The normalized spacial score (nSPS) is 15.9. The third kappa shape index (κ3) is 4.93. The first-order valence-electron chi connectivity index (χ1n) is 4.47. The molecule has 0 aromatic carbocycles. The molecule has 23 heavy (non-hydrogen) atoms. The van der Waals surface area contributed by atoms with E-state index in [4.69, 9.17) is 0 Å². The molecule has 0 spiro atoms. The van der Waals surface area contributed by atoms with E-state index in [1.165, 1.54) is 0 Å². The van der Waals surface area contributed by atoms with Gasteiger partial charge in [-0.25, -0.2) is 0 Å². The van der Waals surface area contributed by atoms with Crippen molar-refractivity contribution < 1.29 is 71.2 Å². The zero-order chi connectivity index (χ0) is 19.1. The predicted molar refractivity (Wildman–Crippen MR) is 37.2 cm³/mol. The van der Waals surface area contributed by atoms with Gasteiger partial charge >= 0.3 is 36.7 Å². The van der Waals surface area contributed by atoms with Crippen molar-refractivity contribution in [3.63, 3.8) is 0 Å². The molecule has 3 nitrogen and oxygen atoms in total. The highest BCUT2D eigenvalue weighted by Crippen LogP contribution is 2.55. The van der Waals surface area contributed by atoms with Crippen LogP contribution in [0.5, 0.6) is 0 Å². The lowest BCUT2D eigenvalue weighted by Crippen LogP contribution is -2.68. The van der Waals surface area contributed by atoms with Gasteiger partial charge in [0.05, 0.1) is 0 Å². The predicted octanol–water partition coefficient (Wildman–Crippen LogP) is 4.02. The van der Waals surface area contributed by atoms with Gasteiger partial charge in [-0.2, -0.15) is 66.4 Å². The lowest BCUT2D eigenvalue weighted by Gasteiger charge is -2.37.